The fraction of sp³-hybridized carbons (Fsp3) is 0.533. The molecule has 1 aliphatic rings. The molecule has 2 N–H and O–H groups in total. The smallest absolute Gasteiger partial charge is 0.260 e. The third kappa shape index (κ3) is 3.70. The number of para-hydroxylation sites is 1. The van der Waals surface area contributed by atoms with Crippen LogP contribution in [0.15, 0.2) is 24.3 Å². The highest BCUT2D eigenvalue weighted by atomic mass is 16.5. The van der Waals surface area contributed by atoms with Crippen LogP contribution < -0.4 is 10.1 Å². The molecule has 1 saturated carbocycles. The normalized spacial score (nSPS) is 17.6. The van der Waals surface area contributed by atoms with Gasteiger partial charge in [-0.2, -0.15) is 0 Å². The number of nitrogens with one attached hydrogen (secondary N) is 1. The van der Waals surface area contributed by atoms with Gasteiger partial charge in [0.15, 0.2) is 6.10 Å². The second-order valence-electron chi connectivity index (χ2n) is 5.00. The van der Waals surface area contributed by atoms with Crippen LogP contribution in [0, 0.1) is 0 Å². The molecular weight excluding hydrogens is 242 g/mol. The van der Waals surface area contributed by atoms with E-state index in [1.807, 2.05) is 25.1 Å². The van der Waals surface area contributed by atoms with E-state index in [0.29, 0.717) is 18.2 Å². The summed E-state index contributed by atoms with van der Waals surface area (Å²) in [6, 6.07) is 7.64. The quantitative estimate of drug-likeness (QED) is 0.827. The van der Waals surface area contributed by atoms with E-state index >= 15 is 0 Å². The lowest BCUT2D eigenvalue weighted by molar-refractivity contribution is -0.127. The Kier molecular flexibility index (Phi) is 4.43. The van der Waals surface area contributed by atoms with Crippen LogP contribution >= 0.6 is 0 Å². The van der Waals surface area contributed by atoms with E-state index in [9.17, 15) is 9.90 Å². The number of aliphatic hydroxyl groups excluding tert-OH is 1. The van der Waals surface area contributed by atoms with Crippen LogP contribution in [0.3, 0.4) is 0 Å². The van der Waals surface area contributed by atoms with Gasteiger partial charge in [0.05, 0.1) is 6.10 Å². The first-order chi connectivity index (χ1) is 9.11. The van der Waals surface area contributed by atoms with Gasteiger partial charge in [0.25, 0.3) is 5.91 Å². The molecule has 104 valence electrons. The molecule has 0 spiro atoms. The number of rotatable bonds is 6. The maximum atomic E-state index is 11.8. The number of aliphatic hydroxyl groups is 1. The van der Waals surface area contributed by atoms with E-state index in [1.165, 1.54) is 0 Å². The molecule has 0 aliphatic heterocycles. The molecule has 4 nitrogen and oxygen atoms in total. The topological polar surface area (TPSA) is 58.6 Å². The van der Waals surface area contributed by atoms with Gasteiger partial charge in [-0.3, -0.25) is 4.79 Å². The zero-order valence-electron chi connectivity index (χ0n) is 11.4. The SMILES string of the molecule is CC[C@H](O)c1ccccc1OC(C)C(=O)NC1CC1. The molecule has 2 atom stereocenters. The Morgan fingerprint density at radius 3 is 2.79 bits per heavy atom. The number of carbonyl (C=O) groups excluding carboxylic acids is 1. The van der Waals surface area contributed by atoms with Crippen LogP contribution in [0.1, 0.15) is 44.8 Å². The number of benzene rings is 1. The van der Waals surface area contributed by atoms with Crippen LogP contribution in [0.25, 0.3) is 0 Å². The first-order valence-electron chi connectivity index (χ1n) is 6.85. The highest BCUT2D eigenvalue weighted by molar-refractivity contribution is 5.81. The molecule has 1 amide bonds. The summed E-state index contributed by atoms with van der Waals surface area (Å²) in [6.45, 7) is 3.64. The highest BCUT2D eigenvalue weighted by Crippen LogP contribution is 2.28. The van der Waals surface area contributed by atoms with Gasteiger partial charge < -0.3 is 15.2 Å². The van der Waals surface area contributed by atoms with Crippen molar-refractivity contribution in [2.75, 3.05) is 0 Å². The Morgan fingerprint density at radius 1 is 1.47 bits per heavy atom. The van der Waals surface area contributed by atoms with Crippen molar-refractivity contribution in [1.82, 2.24) is 5.32 Å². The summed E-state index contributed by atoms with van der Waals surface area (Å²) in [5.41, 5.74) is 0.732. The van der Waals surface area contributed by atoms with Crippen LogP contribution in [0.2, 0.25) is 0 Å². The van der Waals surface area contributed by atoms with Crippen molar-refractivity contribution in [3.63, 3.8) is 0 Å². The average molecular weight is 263 g/mol. The van der Waals surface area contributed by atoms with E-state index in [4.69, 9.17) is 4.74 Å². The van der Waals surface area contributed by atoms with Gasteiger partial charge in [-0.05, 0) is 32.3 Å². The standard InChI is InChI=1S/C15H21NO3/c1-3-13(17)12-6-4-5-7-14(12)19-10(2)15(18)16-11-8-9-11/h4-7,10-11,13,17H,3,8-9H2,1-2H3,(H,16,18)/t10?,13-/m0/s1. The van der Waals surface area contributed by atoms with Crippen molar-refractivity contribution in [1.29, 1.82) is 0 Å². The first kappa shape index (κ1) is 13.9. The lowest BCUT2D eigenvalue weighted by Crippen LogP contribution is -2.37. The van der Waals surface area contributed by atoms with Gasteiger partial charge in [-0.15, -0.1) is 0 Å². The summed E-state index contributed by atoms with van der Waals surface area (Å²) < 4.78 is 5.69. The van der Waals surface area contributed by atoms with Crippen molar-refractivity contribution in [2.45, 2.75) is 51.4 Å². The number of hydrogen-bond acceptors (Lipinski definition) is 3. The van der Waals surface area contributed by atoms with Crippen LogP contribution in [0.5, 0.6) is 5.75 Å². The van der Waals surface area contributed by atoms with E-state index in [2.05, 4.69) is 5.32 Å². The van der Waals surface area contributed by atoms with Crippen molar-refractivity contribution in [3.05, 3.63) is 29.8 Å². The van der Waals surface area contributed by atoms with Crippen molar-refractivity contribution >= 4 is 5.91 Å². The summed E-state index contributed by atoms with van der Waals surface area (Å²) in [5, 5.41) is 12.8. The second-order valence-corrected chi connectivity index (χ2v) is 5.00. The Labute approximate surface area is 113 Å². The van der Waals surface area contributed by atoms with E-state index < -0.39 is 12.2 Å². The van der Waals surface area contributed by atoms with E-state index in [0.717, 1.165) is 18.4 Å². The molecule has 19 heavy (non-hydrogen) atoms. The zero-order chi connectivity index (χ0) is 13.8. The van der Waals surface area contributed by atoms with Crippen molar-refractivity contribution in [3.8, 4) is 5.75 Å². The summed E-state index contributed by atoms with van der Waals surface area (Å²) >= 11 is 0. The molecule has 1 aromatic rings. The van der Waals surface area contributed by atoms with Gasteiger partial charge in [-0.25, -0.2) is 0 Å². The van der Waals surface area contributed by atoms with Gasteiger partial charge >= 0.3 is 0 Å². The summed E-state index contributed by atoms with van der Waals surface area (Å²) in [5.74, 6) is 0.485. The minimum Gasteiger partial charge on any atom is -0.481 e. The summed E-state index contributed by atoms with van der Waals surface area (Å²) in [4.78, 5) is 11.8. The number of hydrogen-bond donors (Lipinski definition) is 2. The molecule has 1 aliphatic carbocycles. The highest BCUT2D eigenvalue weighted by Gasteiger charge is 2.26. The Balaban J connectivity index is 2.02. The molecule has 0 saturated heterocycles. The molecule has 4 heteroatoms. The fourth-order valence-electron chi connectivity index (χ4n) is 1.87. The van der Waals surface area contributed by atoms with Crippen LogP contribution in [-0.2, 0) is 4.79 Å². The van der Waals surface area contributed by atoms with Gasteiger partial charge in [0.1, 0.15) is 5.75 Å². The van der Waals surface area contributed by atoms with Crippen LogP contribution in [0.4, 0.5) is 0 Å². The minimum atomic E-state index is -0.560. The first-order valence-corrected chi connectivity index (χ1v) is 6.85. The molecule has 0 radical (unpaired) electrons. The van der Waals surface area contributed by atoms with Gasteiger partial charge in [0.2, 0.25) is 0 Å². The maximum absolute atomic E-state index is 11.8. The van der Waals surface area contributed by atoms with Crippen LogP contribution in [-0.4, -0.2) is 23.2 Å². The molecular formula is C15H21NO3. The predicted molar refractivity (Wildman–Crippen MR) is 72.9 cm³/mol. The minimum absolute atomic E-state index is 0.0942. The van der Waals surface area contributed by atoms with Gasteiger partial charge in [0, 0.05) is 11.6 Å². The lowest BCUT2D eigenvalue weighted by Gasteiger charge is -2.19. The number of amides is 1. The maximum Gasteiger partial charge on any atom is 0.260 e. The Hall–Kier alpha value is -1.55. The number of ether oxygens (including phenoxy) is 1. The molecule has 1 fully saturated rings. The summed E-state index contributed by atoms with van der Waals surface area (Å²) in [7, 11) is 0. The molecule has 0 bridgehead atoms. The largest absolute Gasteiger partial charge is 0.481 e. The average Bonchev–Trinajstić information content (AvgIpc) is 3.22. The Morgan fingerprint density at radius 2 is 2.16 bits per heavy atom. The molecule has 0 aromatic heterocycles. The fourth-order valence-corrected chi connectivity index (χ4v) is 1.87. The predicted octanol–water partition coefficient (Wildman–Crippen LogP) is 2.18. The Bertz CT molecular complexity index is 443. The monoisotopic (exact) mass is 263 g/mol. The summed E-state index contributed by atoms with van der Waals surface area (Å²) in [6.07, 6.45) is 1.62. The number of carbonyl (C=O) groups is 1. The molecule has 0 heterocycles. The molecule has 1 unspecified atom stereocenters. The zero-order valence-corrected chi connectivity index (χ0v) is 11.4. The second kappa shape index (κ2) is 6.06. The third-order valence-electron chi connectivity index (χ3n) is 3.26. The molecule has 2 rings (SSSR count). The van der Waals surface area contributed by atoms with E-state index in [1.54, 1.807) is 13.0 Å². The third-order valence-corrected chi connectivity index (χ3v) is 3.26. The lowest BCUT2D eigenvalue weighted by atomic mass is 10.1. The van der Waals surface area contributed by atoms with Crippen molar-refractivity contribution < 1.29 is 14.6 Å². The van der Waals surface area contributed by atoms with Crippen molar-refractivity contribution in [2.24, 2.45) is 0 Å². The van der Waals surface area contributed by atoms with E-state index in [-0.39, 0.29) is 5.91 Å². The molecule has 1 aromatic carbocycles. The van der Waals surface area contributed by atoms with Gasteiger partial charge in [-0.1, -0.05) is 25.1 Å².